The first kappa shape index (κ1) is 19.4. The minimum absolute atomic E-state index is 0.0923. The Balaban J connectivity index is 3.10. The van der Waals surface area contributed by atoms with Gasteiger partial charge in [-0.15, -0.1) is 0 Å². The first-order chi connectivity index (χ1) is 10.0. The number of halogens is 1. The van der Waals surface area contributed by atoms with Crippen molar-refractivity contribution in [3.63, 3.8) is 0 Å². The van der Waals surface area contributed by atoms with Crippen LogP contribution in [-0.4, -0.2) is 14.9 Å². The van der Waals surface area contributed by atoms with Crippen molar-refractivity contribution in [1.29, 1.82) is 5.26 Å². The van der Waals surface area contributed by atoms with Crippen molar-refractivity contribution in [2.24, 2.45) is 11.8 Å². The molecule has 0 aliphatic heterocycles. The minimum Gasteiger partial charge on any atom is -0.416 e. The van der Waals surface area contributed by atoms with Crippen molar-refractivity contribution in [1.82, 2.24) is 0 Å². The Kier molecular flexibility index (Phi) is 6.43. The topological polar surface area (TPSA) is 33.0 Å². The Hall–Kier alpha value is -0.633. The Morgan fingerprint density at radius 2 is 1.91 bits per heavy atom. The van der Waals surface area contributed by atoms with Crippen LogP contribution in [-0.2, 0) is 4.43 Å². The lowest BCUT2D eigenvalue weighted by atomic mass is 9.82. The Bertz CT molecular complexity index is 546. The van der Waals surface area contributed by atoms with Gasteiger partial charge in [0.05, 0.1) is 12.0 Å². The van der Waals surface area contributed by atoms with Crippen LogP contribution < -0.4 is 0 Å². The molecule has 0 bridgehead atoms. The average Bonchev–Trinajstić information content (AvgIpc) is 2.39. The highest BCUT2D eigenvalue weighted by Crippen LogP contribution is 2.39. The van der Waals surface area contributed by atoms with Crippen LogP contribution in [0.5, 0.6) is 0 Å². The van der Waals surface area contributed by atoms with Gasteiger partial charge in [0.15, 0.2) is 8.32 Å². The molecule has 1 aliphatic carbocycles. The molecule has 0 fully saturated rings. The molecule has 2 unspecified atom stereocenters. The van der Waals surface area contributed by atoms with Crippen LogP contribution >= 0.6 is 15.9 Å². The third-order valence-corrected chi connectivity index (χ3v) is 10.4. The molecule has 22 heavy (non-hydrogen) atoms. The quantitative estimate of drug-likeness (QED) is 0.565. The van der Waals surface area contributed by atoms with E-state index in [1.165, 1.54) is 5.57 Å². The number of hydrogen-bond acceptors (Lipinski definition) is 2. The van der Waals surface area contributed by atoms with Crippen molar-refractivity contribution in [2.75, 3.05) is 6.61 Å². The first-order valence-electron chi connectivity index (χ1n) is 7.76. The largest absolute Gasteiger partial charge is 0.416 e. The minimum atomic E-state index is -1.82. The lowest BCUT2D eigenvalue weighted by Crippen LogP contribution is -2.42. The molecule has 0 radical (unpaired) electrons. The zero-order valence-corrected chi connectivity index (χ0v) is 17.4. The van der Waals surface area contributed by atoms with Crippen LogP contribution in [0.1, 0.15) is 34.6 Å². The molecule has 1 rings (SSSR count). The van der Waals surface area contributed by atoms with Gasteiger partial charge in [0.2, 0.25) is 0 Å². The van der Waals surface area contributed by atoms with E-state index in [4.69, 9.17) is 4.43 Å². The van der Waals surface area contributed by atoms with Crippen molar-refractivity contribution < 1.29 is 4.43 Å². The second-order valence-corrected chi connectivity index (χ2v) is 13.2. The van der Waals surface area contributed by atoms with Crippen LogP contribution in [0.4, 0.5) is 0 Å². The normalized spacial score (nSPS) is 30.8. The number of rotatable bonds is 3. The predicted molar refractivity (Wildman–Crippen MR) is 100 cm³/mol. The molecule has 1 aliphatic rings. The maximum Gasteiger partial charge on any atom is 0.192 e. The maximum absolute atomic E-state index is 9.64. The number of hydrogen-bond donors (Lipinski definition) is 0. The van der Waals surface area contributed by atoms with E-state index in [-0.39, 0.29) is 16.9 Å². The van der Waals surface area contributed by atoms with Gasteiger partial charge < -0.3 is 4.43 Å². The zero-order valence-electron chi connectivity index (χ0n) is 14.8. The van der Waals surface area contributed by atoms with E-state index >= 15 is 0 Å². The van der Waals surface area contributed by atoms with Gasteiger partial charge in [0, 0.05) is 17.0 Å². The van der Waals surface area contributed by atoms with E-state index < -0.39 is 8.32 Å². The van der Waals surface area contributed by atoms with Crippen molar-refractivity contribution in [3.8, 4) is 6.07 Å². The van der Waals surface area contributed by atoms with Gasteiger partial charge >= 0.3 is 0 Å². The SMILES string of the molecule is C/C1=C/C=C\C(Br)=C(\C)C(CO[Si](C)(C)C(C)(C)C)C1C#N. The lowest BCUT2D eigenvalue weighted by molar-refractivity contribution is 0.229. The van der Waals surface area contributed by atoms with Crippen molar-refractivity contribution in [3.05, 3.63) is 33.9 Å². The Labute approximate surface area is 145 Å². The van der Waals surface area contributed by atoms with Crippen molar-refractivity contribution in [2.45, 2.75) is 52.8 Å². The molecule has 2 atom stereocenters. The fourth-order valence-corrected chi connectivity index (χ4v) is 3.67. The molecule has 0 aromatic heterocycles. The molecule has 2 nitrogen and oxygen atoms in total. The highest BCUT2D eigenvalue weighted by molar-refractivity contribution is 9.11. The van der Waals surface area contributed by atoms with Gasteiger partial charge in [0.1, 0.15) is 0 Å². The highest BCUT2D eigenvalue weighted by atomic mass is 79.9. The zero-order chi connectivity index (χ0) is 17.1. The van der Waals surface area contributed by atoms with Crippen molar-refractivity contribution >= 4 is 24.2 Å². The van der Waals surface area contributed by atoms with Crippen LogP contribution in [0.15, 0.2) is 33.9 Å². The van der Waals surface area contributed by atoms with E-state index in [1.54, 1.807) is 0 Å². The molecule has 0 N–H and O–H groups in total. The van der Waals surface area contributed by atoms with Gasteiger partial charge in [-0.05, 0) is 38.1 Å². The maximum atomic E-state index is 9.64. The van der Waals surface area contributed by atoms with E-state index in [9.17, 15) is 5.26 Å². The summed E-state index contributed by atoms with van der Waals surface area (Å²) in [4.78, 5) is 0. The summed E-state index contributed by atoms with van der Waals surface area (Å²) in [5.41, 5.74) is 2.29. The molecule has 0 saturated carbocycles. The molecule has 0 spiro atoms. The summed E-state index contributed by atoms with van der Waals surface area (Å²) in [6, 6.07) is 2.48. The second-order valence-electron chi connectivity index (χ2n) is 7.59. The van der Waals surface area contributed by atoms with E-state index in [1.807, 2.05) is 25.2 Å². The van der Waals surface area contributed by atoms with Crippen LogP contribution in [0.25, 0.3) is 0 Å². The van der Waals surface area contributed by atoms with Gasteiger partial charge in [-0.2, -0.15) is 5.26 Å². The van der Waals surface area contributed by atoms with Crippen LogP contribution in [0.2, 0.25) is 18.1 Å². The smallest absolute Gasteiger partial charge is 0.192 e. The van der Waals surface area contributed by atoms with Crippen LogP contribution in [0, 0.1) is 23.2 Å². The van der Waals surface area contributed by atoms with E-state index in [0.29, 0.717) is 6.61 Å². The highest BCUT2D eigenvalue weighted by Gasteiger charge is 2.38. The summed E-state index contributed by atoms with van der Waals surface area (Å²) < 4.78 is 7.47. The molecule has 0 amide bonds. The standard InChI is InChI=1S/C18H28BrNOSi/c1-13-9-8-10-17(19)14(2)16(15(13)11-20)12-21-22(6,7)18(3,4)5/h8-10,15-16H,12H2,1-7H3/b10-8-,13-9-,17-14+. The molecule has 122 valence electrons. The molecule has 0 heterocycles. The molecular weight excluding hydrogens is 354 g/mol. The molecule has 0 saturated heterocycles. The van der Waals surface area contributed by atoms with Gasteiger partial charge in [-0.3, -0.25) is 0 Å². The molecule has 4 heteroatoms. The van der Waals surface area contributed by atoms with Gasteiger partial charge in [0.25, 0.3) is 0 Å². The second kappa shape index (κ2) is 7.29. The summed E-state index contributed by atoms with van der Waals surface area (Å²) in [7, 11) is -1.82. The van der Waals surface area contributed by atoms with Gasteiger partial charge in [-0.1, -0.05) is 60.0 Å². The number of nitriles is 1. The third kappa shape index (κ3) is 4.44. The molecule has 0 aromatic rings. The third-order valence-electron chi connectivity index (χ3n) is 5.00. The number of allylic oxidation sites excluding steroid dienone is 5. The first-order valence-corrected chi connectivity index (χ1v) is 11.5. The van der Waals surface area contributed by atoms with E-state index in [0.717, 1.165) is 10.1 Å². The summed E-state index contributed by atoms with van der Waals surface area (Å²) in [5, 5.41) is 9.82. The molecular formula is C18H28BrNOSi. The molecule has 0 aromatic carbocycles. The predicted octanol–water partition coefficient (Wildman–Crippen LogP) is 5.95. The Morgan fingerprint density at radius 1 is 1.32 bits per heavy atom. The lowest BCUT2D eigenvalue weighted by Gasteiger charge is -2.38. The summed E-state index contributed by atoms with van der Waals surface area (Å²) in [5.74, 6) is -0.0445. The van der Waals surface area contributed by atoms with Gasteiger partial charge in [-0.25, -0.2) is 0 Å². The summed E-state index contributed by atoms with van der Waals surface area (Å²) in [6.45, 7) is 16.0. The summed E-state index contributed by atoms with van der Waals surface area (Å²) in [6.07, 6.45) is 6.07. The Morgan fingerprint density at radius 3 is 2.41 bits per heavy atom. The number of nitrogens with zero attached hydrogens (tertiary/aromatic N) is 1. The fourth-order valence-electron chi connectivity index (χ4n) is 2.19. The average molecular weight is 382 g/mol. The van der Waals surface area contributed by atoms with E-state index in [2.05, 4.69) is 62.8 Å². The van der Waals surface area contributed by atoms with Crippen LogP contribution in [0.3, 0.4) is 0 Å². The summed E-state index contributed by atoms with van der Waals surface area (Å²) >= 11 is 3.63. The monoisotopic (exact) mass is 381 g/mol. The fraction of sp³-hybridized carbons (Fsp3) is 0.611.